The van der Waals surface area contributed by atoms with Crippen LogP contribution in [0, 0.1) is 11.2 Å². The van der Waals surface area contributed by atoms with Gasteiger partial charge in [0.15, 0.2) is 5.78 Å². The molecule has 0 bridgehead atoms. The molecule has 0 atom stereocenters. The third kappa shape index (κ3) is 1.53. The number of carbonyl (C=O) groups is 1. The maximum Gasteiger partial charge on any atom is 0.169 e. The standard InChI is InChI=1S/C14H15FO2/c15-12-3-1-2-10-11(12)8-14(13(10)17)6-4-9(16)5-7-14/h1-3,9,16H,4-8H2/t9-,14-. The fraction of sp³-hybridized carbons (Fsp3) is 0.500. The summed E-state index contributed by atoms with van der Waals surface area (Å²) in [6.07, 6.45) is 2.90. The second-order valence-electron chi connectivity index (χ2n) is 5.28. The second kappa shape index (κ2) is 3.64. The lowest BCUT2D eigenvalue weighted by Gasteiger charge is -2.33. The van der Waals surface area contributed by atoms with E-state index in [2.05, 4.69) is 0 Å². The van der Waals surface area contributed by atoms with Crippen molar-refractivity contribution in [3.63, 3.8) is 0 Å². The Hall–Kier alpha value is -1.22. The lowest BCUT2D eigenvalue weighted by molar-refractivity contribution is 0.0512. The molecule has 0 amide bonds. The maximum absolute atomic E-state index is 13.7. The zero-order valence-electron chi connectivity index (χ0n) is 9.58. The summed E-state index contributed by atoms with van der Waals surface area (Å²) in [6.45, 7) is 0. The van der Waals surface area contributed by atoms with Crippen molar-refractivity contribution in [2.45, 2.75) is 38.2 Å². The Morgan fingerprint density at radius 3 is 2.65 bits per heavy atom. The molecule has 0 heterocycles. The number of fused-ring (bicyclic) bond motifs is 1. The van der Waals surface area contributed by atoms with Crippen molar-refractivity contribution in [2.75, 3.05) is 0 Å². The molecule has 0 aromatic heterocycles. The van der Waals surface area contributed by atoms with Crippen molar-refractivity contribution in [3.05, 3.63) is 35.1 Å². The van der Waals surface area contributed by atoms with Crippen molar-refractivity contribution in [1.29, 1.82) is 0 Å². The molecule has 0 saturated heterocycles. The van der Waals surface area contributed by atoms with Gasteiger partial charge in [-0.05, 0) is 43.7 Å². The number of benzene rings is 1. The second-order valence-corrected chi connectivity index (χ2v) is 5.28. The monoisotopic (exact) mass is 234 g/mol. The minimum atomic E-state index is -0.427. The zero-order chi connectivity index (χ0) is 12.0. The largest absolute Gasteiger partial charge is 0.393 e. The number of hydrogen-bond acceptors (Lipinski definition) is 2. The van der Waals surface area contributed by atoms with Crippen LogP contribution in [0.1, 0.15) is 41.6 Å². The van der Waals surface area contributed by atoms with Gasteiger partial charge >= 0.3 is 0 Å². The number of carbonyl (C=O) groups excluding carboxylic acids is 1. The van der Waals surface area contributed by atoms with Crippen molar-refractivity contribution >= 4 is 5.78 Å². The third-order valence-electron chi connectivity index (χ3n) is 4.27. The molecule has 2 nitrogen and oxygen atoms in total. The Morgan fingerprint density at radius 2 is 2.00 bits per heavy atom. The van der Waals surface area contributed by atoms with Gasteiger partial charge in [0.05, 0.1) is 6.10 Å². The van der Waals surface area contributed by atoms with Crippen LogP contribution in [0.25, 0.3) is 0 Å². The van der Waals surface area contributed by atoms with E-state index < -0.39 is 5.41 Å². The van der Waals surface area contributed by atoms with Crippen LogP contribution in [0.2, 0.25) is 0 Å². The summed E-state index contributed by atoms with van der Waals surface area (Å²) in [7, 11) is 0. The number of rotatable bonds is 0. The number of Topliss-reactive ketones (excluding diaryl/α,β-unsaturated/α-hetero) is 1. The van der Waals surface area contributed by atoms with E-state index in [0.29, 0.717) is 43.2 Å². The molecule has 17 heavy (non-hydrogen) atoms. The number of ketones is 1. The third-order valence-corrected chi connectivity index (χ3v) is 4.27. The predicted octanol–water partition coefficient (Wildman–Crippen LogP) is 2.49. The van der Waals surface area contributed by atoms with Crippen LogP contribution in [-0.4, -0.2) is 17.0 Å². The maximum atomic E-state index is 13.7. The van der Waals surface area contributed by atoms with E-state index in [4.69, 9.17) is 0 Å². The van der Waals surface area contributed by atoms with Gasteiger partial charge in [0.25, 0.3) is 0 Å². The summed E-state index contributed by atoms with van der Waals surface area (Å²) in [5.41, 5.74) is 0.708. The molecular weight excluding hydrogens is 219 g/mol. The molecule has 1 N–H and O–H groups in total. The van der Waals surface area contributed by atoms with Crippen molar-refractivity contribution in [2.24, 2.45) is 5.41 Å². The smallest absolute Gasteiger partial charge is 0.169 e. The van der Waals surface area contributed by atoms with Crippen LogP contribution in [-0.2, 0) is 6.42 Å². The highest BCUT2D eigenvalue weighted by Gasteiger charge is 2.47. The van der Waals surface area contributed by atoms with Crippen molar-refractivity contribution in [3.8, 4) is 0 Å². The van der Waals surface area contributed by atoms with E-state index in [1.54, 1.807) is 12.1 Å². The van der Waals surface area contributed by atoms with Gasteiger partial charge in [-0.25, -0.2) is 4.39 Å². The predicted molar refractivity (Wildman–Crippen MR) is 61.3 cm³/mol. The summed E-state index contributed by atoms with van der Waals surface area (Å²) in [4.78, 5) is 12.4. The first-order valence-electron chi connectivity index (χ1n) is 6.13. The van der Waals surface area contributed by atoms with E-state index in [1.807, 2.05) is 0 Å². The van der Waals surface area contributed by atoms with Gasteiger partial charge in [0.1, 0.15) is 5.82 Å². The molecule has 1 spiro atoms. The number of halogens is 1. The van der Waals surface area contributed by atoms with Crippen LogP contribution in [0.15, 0.2) is 18.2 Å². The molecule has 0 unspecified atom stereocenters. The van der Waals surface area contributed by atoms with Gasteiger partial charge in [0.2, 0.25) is 0 Å². The summed E-state index contributed by atoms with van der Waals surface area (Å²) in [5.74, 6) is -0.183. The Labute approximate surface area is 99.5 Å². The Morgan fingerprint density at radius 1 is 1.29 bits per heavy atom. The molecular formula is C14H15FO2. The SMILES string of the molecule is O=C1c2cccc(F)c2C[C@]12CC[C@@H](O)CC2. The van der Waals surface area contributed by atoms with Gasteiger partial charge < -0.3 is 5.11 Å². The van der Waals surface area contributed by atoms with Gasteiger partial charge in [-0.15, -0.1) is 0 Å². The van der Waals surface area contributed by atoms with Gasteiger partial charge in [-0.3, -0.25) is 4.79 Å². The summed E-state index contributed by atoms with van der Waals surface area (Å²) >= 11 is 0. The van der Waals surface area contributed by atoms with Crippen LogP contribution in [0.5, 0.6) is 0 Å². The highest BCUT2D eigenvalue weighted by atomic mass is 19.1. The molecule has 3 heteroatoms. The van der Waals surface area contributed by atoms with Crippen molar-refractivity contribution < 1.29 is 14.3 Å². The normalized spacial score (nSPS) is 31.9. The van der Waals surface area contributed by atoms with Gasteiger partial charge in [0, 0.05) is 11.0 Å². The lowest BCUT2D eigenvalue weighted by Crippen LogP contribution is -2.34. The van der Waals surface area contributed by atoms with Gasteiger partial charge in [-0.1, -0.05) is 12.1 Å². The van der Waals surface area contributed by atoms with E-state index >= 15 is 0 Å². The molecule has 0 aliphatic heterocycles. The van der Waals surface area contributed by atoms with Gasteiger partial charge in [-0.2, -0.15) is 0 Å². The van der Waals surface area contributed by atoms with E-state index in [0.717, 1.165) is 0 Å². The number of aliphatic hydroxyl groups excluding tert-OH is 1. The quantitative estimate of drug-likeness (QED) is 0.748. The topological polar surface area (TPSA) is 37.3 Å². The van der Waals surface area contributed by atoms with E-state index in [9.17, 15) is 14.3 Å². The molecule has 90 valence electrons. The first-order chi connectivity index (χ1) is 8.12. The van der Waals surface area contributed by atoms with Crippen LogP contribution in [0.4, 0.5) is 4.39 Å². The highest BCUT2D eigenvalue weighted by molar-refractivity contribution is 6.05. The summed E-state index contributed by atoms with van der Waals surface area (Å²) in [5, 5.41) is 9.53. The molecule has 3 rings (SSSR count). The minimum Gasteiger partial charge on any atom is -0.393 e. The lowest BCUT2D eigenvalue weighted by atomic mass is 9.70. The molecule has 1 fully saturated rings. The van der Waals surface area contributed by atoms with Crippen LogP contribution >= 0.6 is 0 Å². The highest BCUT2D eigenvalue weighted by Crippen LogP contribution is 2.47. The first-order valence-corrected chi connectivity index (χ1v) is 6.13. The average molecular weight is 234 g/mol. The van der Waals surface area contributed by atoms with E-state index in [1.165, 1.54) is 6.07 Å². The minimum absolute atomic E-state index is 0.0823. The molecule has 1 aromatic rings. The van der Waals surface area contributed by atoms with Crippen molar-refractivity contribution in [1.82, 2.24) is 0 Å². The number of hydrogen-bond donors (Lipinski definition) is 1. The molecule has 1 aromatic carbocycles. The molecule has 0 radical (unpaired) electrons. The van der Waals surface area contributed by atoms with Crippen LogP contribution in [0.3, 0.4) is 0 Å². The first kappa shape index (κ1) is 10.9. The number of aliphatic hydroxyl groups is 1. The fourth-order valence-electron chi connectivity index (χ4n) is 3.21. The summed E-state index contributed by atoms with van der Waals surface area (Å²) in [6, 6.07) is 4.74. The molecule has 2 aliphatic rings. The Bertz CT molecular complexity index is 473. The average Bonchev–Trinajstić information content (AvgIpc) is 2.60. The summed E-state index contributed by atoms with van der Waals surface area (Å²) < 4.78 is 13.7. The van der Waals surface area contributed by atoms with Crippen LogP contribution < -0.4 is 0 Å². The molecule has 1 saturated carbocycles. The fourth-order valence-corrected chi connectivity index (χ4v) is 3.21. The Kier molecular flexibility index (Phi) is 2.33. The molecule has 2 aliphatic carbocycles. The zero-order valence-corrected chi connectivity index (χ0v) is 9.58. The van der Waals surface area contributed by atoms with E-state index in [-0.39, 0.29) is 17.7 Å². The Balaban J connectivity index is 1.99.